The highest BCUT2D eigenvalue weighted by Crippen LogP contribution is 2.08. The fraction of sp³-hybridized carbons (Fsp3) is 0.769. The summed E-state index contributed by atoms with van der Waals surface area (Å²) in [6, 6.07) is -0.476. The van der Waals surface area contributed by atoms with Crippen molar-refractivity contribution in [3.05, 3.63) is 0 Å². The van der Waals surface area contributed by atoms with Gasteiger partial charge in [0.15, 0.2) is 0 Å². The highest BCUT2D eigenvalue weighted by atomic mass is 16.4. The zero-order valence-corrected chi connectivity index (χ0v) is 12.8. The van der Waals surface area contributed by atoms with Crippen molar-refractivity contribution in [1.82, 2.24) is 15.5 Å². The number of carbonyl (C=O) groups is 3. The topological polar surface area (TPSA) is 98.7 Å². The van der Waals surface area contributed by atoms with E-state index in [0.29, 0.717) is 12.5 Å². The number of hydrogen-bond acceptors (Lipinski definition) is 3. The lowest BCUT2D eigenvalue weighted by molar-refractivity contribution is -0.138. The molecule has 0 aromatic carbocycles. The molecule has 0 aliphatic rings. The number of nitrogens with one attached hydrogen (secondary N) is 2. The lowest BCUT2D eigenvalue weighted by Gasteiger charge is -2.27. The van der Waals surface area contributed by atoms with E-state index in [2.05, 4.69) is 10.6 Å². The van der Waals surface area contributed by atoms with Crippen molar-refractivity contribution in [3.8, 4) is 0 Å². The van der Waals surface area contributed by atoms with Crippen LogP contribution in [0.15, 0.2) is 0 Å². The second-order valence-corrected chi connectivity index (χ2v) is 5.94. The Morgan fingerprint density at radius 1 is 1.25 bits per heavy atom. The molecule has 3 N–H and O–H groups in total. The van der Waals surface area contributed by atoms with E-state index in [-0.39, 0.29) is 18.9 Å². The van der Waals surface area contributed by atoms with Crippen LogP contribution in [0.25, 0.3) is 0 Å². The Morgan fingerprint density at radius 2 is 1.80 bits per heavy atom. The summed E-state index contributed by atoms with van der Waals surface area (Å²) < 4.78 is 0. The number of urea groups is 1. The first kappa shape index (κ1) is 18.2. The Hall–Kier alpha value is -1.79. The van der Waals surface area contributed by atoms with Gasteiger partial charge in [-0.3, -0.25) is 9.59 Å². The molecular formula is C13H25N3O4. The number of aliphatic carboxylic acids is 1. The molecule has 3 amide bonds. The van der Waals surface area contributed by atoms with Crippen LogP contribution in [0.4, 0.5) is 4.79 Å². The van der Waals surface area contributed by atoms with Gasteiger partial charge in [-0.05, 0) is 19.8 Å². The minimum Gasteiger partial charge on any atom is -0.481 e. The third-order valence-electron chi connectivity index (χ3n) is 2.47. The van der Waals surface area contributed by atoms with Gasteiger partial charge in [0, 0.05) is 19.1 Å². The zero-order chi connectivity index (χ0) is 15.9. The second-order valence-electron chi connectivity index (χ2n) is 5.94. The zero-order valence-electron chi connectivity index (χ0n) is 12.8. The van der Waals surface area contributed by atoms with Crippen molar-refractivity contribution in [2.45, 2.75) is 39.7 Å². The lowest BCUT2D eigenvalue weighted by Crippen LogP contribution is -2.51. The standard InChI is InChI=1S/C13H25N3O4/c1-9(2)7-14-10(17)8-16(5)12(20)15-13(3,4)6-11(18)19/h9H,6-8H2,1-5H3,(H,14,17)(H,15,20)(H,18,19). The van der Waals surface area contributed by atoms with Crippen LogP contribution in [0.5, 0.6) is 0 Å². The van der Waals surface area contributed by atoms with E-state index in [9.17, 15) is 14.4 Å². The summed E-state index contributed by atoms with van der Waals surface area (Å²) in [6.07, 6.45) is -0.188. The van der Waals surface area contributed by atoms with Crippen LogP contribution in [0.3, 0.4) is 0 Å². The number of hydrogen-bond donors (Lipinski definition) is 3. The van der Waals surface area contributed by atoms with Gasteiger partial charge in [0.2, 0.25) is 5.91 Å². The summed E-state index contributed by atoms with van der Waals surface area (Å²) in [5.74, 6) is -0.896. The maximum absolute atomic E-state index is 11.9. The van der Waals surface area contributed by atoms with E-state index >= 15 is 0 Å². The normalized spacial score (nSPS) is 11.1. The molecule has 0 spiro atoms. The molecule has 0 saturated heterocycles. The van der Waals surface area contributed by atoms with Crippen LogP contribution in [-0.2, 0) is 9.59 Å². The fourth-order valence-corrected chi connectivity index (χ4v) is 1.47. The molecule has 0 rings (SSSR count). The summed E-state index contributed by atoms with van der Waals surface area (Å²) in [5, 5.41) is 14.0. The molecule has 0 unspecified atom stereocenters. The Kier molecular flexibility index (Phi) is 7.02. The van der Waals surface area contributed by atoms with Crippen LogP contribution >= 0.6 is 0 Å². The van der Waals surface area contributed by atoms with Crippen molar-refractivity contribution >= 4 is 17.9 Å². The number of carboxylic acid groups (broad SMARTS) is 1. The Bertz CT molecular complexity index is 367. The van der Waals surface area contributed by atoms with Crippen molar-refractivity contribution in [1.29, 1.82) is 0 Å². The number of carbonyl (C=O) groups excluding carboxylic acids is 2. The molecule has 0 saturated carbocycles. The van der Waals surface area contributed by atoms with Gasteiger partial charge in [0.1, 0.15) is 6.54 Å². The third-order valence-corrected chi connectivity index (χ3v) is 2.47. The summed E-state index contributed by atoms with van der Waals surface area (Å²) in [6.45, 7) is 7.67. The second kappa shape index (κ2) is 7.72. The van der Waals surface area contributed by atoms with E-state index in [4.69, 9.17) is 5.11 Å². The molecule has 0 aliphatic carbocycles. The van der Waals surface area contributed by atoms with Crippen LogP contribution in [0, 0.1) is 5.92 Å². The lowest BCUT2D eigenvalue weighted by atomic mass is 10.0. The molecule has 0 fully saturated rings. The molecule has 7 heteroatoms. The molecule has 0 atom stereocenters. The molecule has 0 heterocycles. The molecule has 7 nitrogen and oxygen atoms in total. The largest absolute Gasteiger partial charge is 0.481 e. The smallest absolute Gasteiger partial charge is 0.318 e. The van der Waals surface area contributed by atoms with E-state index in [1.54, 1.807) is 13.8 Å². The summed E-state index contributed by atoms with van der Waals surface area (Å²) in [5.41, 5.74) is -0.869. The molecule has 0 aliphatic heterocycles. The van der Waals surface area contributed by atoms with E-state index in [1.807, 2.05) is 13.8 Å². The highest BCUT2D eigenvalue weighted by molar-refractivity contribution is 5.84. The Balaban J connectivity index is 4.27. The predicted octanol–water partition coefficient (Wildman–Crippen LogP) is 0.653. The van der Waals surface area contributed by atoms with Gasteiger partial charge in [0.25, 0.3) is 0 Å². The van der Waals surface area contributed by atoms with E-state index < -0.39 is 17.5 Å². The maximum atomic E-state index is 11.9. The van der Waals surface area contributed by atoms with Crippen molar-refractivity contribution in [2.75, 3.05) is 20.1 Å². The van der Waals surface area contributed by atoms with Crippen molar-refractivity contribution < 1.29 is 19.5 Å². The number of carboxylic acids is 1. The van der Waals surface area contributed by atoms with Gasteiger partial charge >= 0.3 is 12.0 Å². The Morgan fingerprint density at radius 3 is 2.25 bits per heavy atom. The minimum absolute atomic E-state index is 0.0678. The first-order valence-corrected chi connectivity index (χ1v) is 6.55. The highest BCUT2D eigenvalue weighted by Gasteiger charge is 2.25. The first-order chi connectivity index (χ1) is 9.03. The molecule has 0 aromatic rings. The third kappa shape index (κ3) is 8.34. The molecule has 0 bridgehead atoms. The quantitative estimate of drug-likeness (QED) is 0.640. The number of amides is 3. The number of rotatable bonds is 7. The average molecular weight is 287 g/mol. The number of nitrogens with zero attached hydrogens (tertiary/aromatic N) is 1. The number of likely N-dealkylation sites (N-methyl/N-ethyl adjacent to an activating group) is 1. The van der Waals surface area contributed by atoms with Crippen LogP contribution in [0.2, 0.25) is 0 Å². The Labute approximate surface area is 119 Å². The summed E-state index contributed by atoms with van der Waals surface area (Å²) in [4.78, 5) is 35.3. The van der Waals surface area contributed by atoms with Gasteiger partial charge < -0.3 is 20.6 Å². The molecular weight excluding hydrogens is 262 g/mol. The van der Waals surface area contributed by atoms with Gasteiger partial charge in [-0.2, -0.15) is 0 Å². The average Bonchev–Trinajstić information content (AvgIpc) is 2.23. The molecule has 116 valence electrons. The molecule has 20 heavy (non-hydrogen) atoms. The van der Waals surface area contributed by atoms with Crippen molar-refractivity contribution in [3.63, 3.8) is 0 Å². The van der Waals surface area contributed by atoms with Gasteiger partial charge in [-0.25, -0.2) is 4.79 Å². The maximum Gasteiger partial charge on any atom is 0.318 e. The summed E-state index contributed by atoms with van der Waals surface area (Å²) in [7, 11) is 1.49. The van der Waals surface area contributed by atoms with Gasteiger partial charge in [0.05, 0.1) is 6.42 Å². The van der Waals surface area contributed by atoms with Crippen molar-refractivity contribution in [2.24, 2.45) is 5.92 Å². The molecule has 0 aromatic heterocycles. The SMILES string of the molecule is CC(C)CNC(=O)CN(C)C(=O)NC(C)(C)CC(=O)O. The first-order valence-electron chi connectivity index (χ1n) is 6.55. The molecule has 0 radical (unpaired) electrons. The predicted molar refractivity (Wildman–Crippen MR) is 75.3 cm³/mol. The van der Waals surface area contributed by atoms with Crippen LogP contribution in [0.1, 0.15) is 34.1 Å². The minimum atomic E-state index is -0.993. The fourth-order valence-electron chi connectivity index (χ4n) is 1.47. The van der Waals surface area contributed by atoms with E-state index in [1.165, 1.54) is 11.9 Å². The summed E-state index contributed by atoms with van der Waals surface area (Å²) >= 11 is 0. The van der Waals surface area contributed by atoms with Crippen LogP contribution in [-0.4, -0.2) is 53.6 Å². The van der Waals surface area contributed by atoms with Crippen LogP contribution < -0.4 is 10.6 Å². The monoisotopic (exact) mass is 287 g/mol. The van der Waals surface area contributed by atoms with Gasteiger partial charge in [-0.1, -0.05) is 13.8 Å². The van der Waals surface area contributed by atoms with E-state index in [0.717, 1.165) is 0 Å². The van der Waals surface area contributed by atoms with Gasteiger partial charge in [-0.15, -0.1) is 0 Å².